The Balaban J connectivity index is 1.92. The number of nitrogens with one attached hydrogen (secondary N) is 2. The van der Waals surface area contributed by atoms with Crippen molar-refractivity contribution in [1.82, 2.24) is 15.5 Å². The van der Waals surface area contributed by atoms with Crippen LogP contribution in [0, 0.1) is 0 Å². The van der Waals surface area contributed by atoms with Gasteiger partial charge in [-0.1, -0.05) is 42.5 Å². The summed E-state index contributed by atoms with van der Waals surface area (Å²) in [7, 11) is 5.79. The molecule has 0 bridgehead atoms. The van der Waals surface area contributed by atoms with E-state index in [1.54, 1.807) is 7.11 Å². The van der Waals surface area contributed by atoms with Crippen LogP contribution in [-0.2, 0) is 6.54 Å². The molecule has 2 aromatic rings. The van der Waals surface area contributed by atoms with Gasteiger partial charge in [0.05, 0.1) is 13.2 Å². The van der Waals surface area contributed by atoms with Crippen molar-refractivity contribution in [2.24, 2.45) is 0 Å². The predicted molar refractivity (Wildman–Crippen MR) is 103 cm³/mol. The maximum atomic E-state index is 5.47. The summed E-state index contributed by atoms with van der Waals surface area (Å²) < 4.78 is 5.17. The second-order valence-electron chi connectivity index (χ2n) is 5.90. The fraction of sp³-hybridized carbons (Fsp3) is 0.316. The van der Waals surface area contributed by atoms with Gasteiger partial charge in [-0.25, -0.2) is 0 Å². The standard InChI is InChI=1S/C19H25N3OS/c1-22(2)14-18(16-7-5-4-6-8-16)21-19(24)20-13-15-9-11-17(23-3)12-10-15/h4-12,18H,13-14H2,1-3H3,(H2,20,21,24)/t18-/m1/s1. The molecule has 1 atom stereocenters. The lowest BCUT2D eigenvalue weighted by Gasteiger charge is -2.24. The largest absolute Gasteiger partial charge is 0.497 e. The summed E-state index contributed by atoms with van der Waals surface area (Å²) in [5.74, 6) is 0.856. The van der Waals surface area contributed by atoms with Gasteiger partial charge in [-0.3, -0.25) is 0 Å². The Bertz CT molecular complexity index is 629. The Hall–Kier alpha value is -2.11. The molecule has 0 saturated heterocycles. The van der Waals surface area contributed by atoms with E-state index in [4.69, 9.17) is 17.0 Å². The van der Waals surface area contributed by atoms with Crippen molar-refractivity contribution in [1.29, 1.82) is 0 Å². The van der Waals surface area contributed by atoms with Crippen LogP contribution in [-0.4, -0.2) is 37.8 Å². The minimum atomic E-state index is 0.150. The third-order valence-corrected chi connectivity index (χ3v) is 3.93. The van der Waals surface area contributed by atoms with Crippen LogP contribution in [0.2, 0.25) is 0 Å². The van der Waals surface area contributed by atoms with Crippen molar-refractivity contribution in [2.45, 2.75) is 12.6 Å². The van der Waals surface area contributed by atoms with E-state index in [-0.39, 0.29) is 6.04 Å². The quantitative estimate of drug-likeness (QED) is 0.756. The lowest BCUT2D eigenvalue weighted by Crippen LogP contribution is -2.40. The molecule has 0 radical (unpaired) electrons. The molecule has 0 amide bonds. The van der Waals surface area contributed by atoms with E-state index in [0.717, 1.165) is 17.9 Å². The van der Waals surface area contributed by atoms with E-state index in [2.05, 4.69) is 41.8 Å². The lowest BCUT2D eigenvalue weighted by atomic mass is 10.1. The number of rotatable bonds is 7. The molecule has 5 heteroatoms. The third kappa shape index (κ3) is 5.83. The van der Waals surface area contributed by atoms with Gasteiger partial charge >= 0.3 is 0 Å². The van der Waals surface area contributed by atoms with Crippen molar-refractivity contribution < 1.29 is 4.74 Å². The minimum Gasteiger partial charge on any atom is -0.497 e. The van der Waals surface area contributed by atoms with Crippen molar-refractivity contribution in [3.63, 3.8) is 0 Å². The molecule has 0 aliphatic rings. The highest BCUT2D eigenvalue weighted by atomic mass is 32.1. The molecule has 24 heavy (non-hydrogen) atoms. The number of nitrogens with zero attached hydrogens (tertiary/aromatic N) is 1. The van der Waals surface area contributed by atoms with Gasteiger partial charge in [-0.05, 0) is 49.6 Å². The molecule has 0 unspecified atom stereocenters. The molecular weight excluding hydrogens is 318 g/mol. The fourth-order valence-electron chi connectivity index (χ4n) is 2.42. The molecule has 0 aliphatic heterocycles. The average Bonchev–Trinajstić information content (AvgIpc) is 2.60. The molecule has 0 aromatic heterocycles. The maximum Gasteiger partial charge on any atom is 0.167 e. The summed E-state index contributed by atoms with van der Waals surface area (Å²) in [6.45, 7) is 1.55. The van der Waals surface area contributed by atoms with Crippen LogP contribution in [0.15, 0.2) is 54.6 Å². The number of benzene rings is 2. The second kappa shape index (κ2) is 9.25. The van der Waals surface area contributed by atoms with Crippen LogP contribution < -0.4 is 15.4 Å². The smallest absolute Gasteiger partial charge is 0.167 e. The average molecular weight is 343 g/mol. The number of methoxy groups -OCH3 is 1. The Morgan fingerprint density at radius 2 is 1.75 bits per heavy atom. The van der Waals surface area contributed by atoms with E-state index < -0.39 is 0 Å². The topological polar surface area (TPSA) is 36.5 Å². The first-order valence-electron chi connectivity index (χ1n) is 7.95. The summed E-state index contributed by atoms with van der Waals surface area (Å²) in [5, 5.41) is 7.34. The molecule has 0 spiro atoms. The molecule has 0 saturated carbocycles. The van der Waals surface area contributed by atoms with Gasteiger partial charge in [0.25, 0.3) is 0 Å². The molecule has 2 aromatic carbocycles. The van der Waals surface area contributed by atoms with Gasteiger partial charge in [-0.2, -0.15) is 0 Å². The third-order valence-electron chi connectivity index (χ3n) is 3.67. The lowest BCUT2D eigenvalue weighted by molar-refractivity contribution is 0.362. The summed E-state index contributed by atoms with van der Waals surface area (Å²) in [5.41, 5.74) is 2.38. The maximum absolute atomic E-state index is 5.47. The van der Waals surface area contributed by atoms with Crippen molar-refractivity contribution in [3.05, 3.63) is 65.7 Å². The molecule has 2 rings (SSSR count). The van der Waals surface area contributed by atoms with Crippen molar-refractivity contribution >= 4 is 17.3 Å². The van der Waals surface area contributed by atoms with E-state index in [1.807, 2.05) is 42.5 Å². The van der Waals surface area contributed by atoms with E-state index in [0.29, 0.717) is 11.7 Å². The Morgan fingerprint density at radius 3 is 2.33 bits per heavy atom. The second-order valence-corrected chi connectivity index (χ2v) is 6.31. The zero-order valence-corrected chi connectivity index (χ0v) is 15.3. The van der Waals surface area contributed by atoms with Gasteiger partial charge in [-0.15, -0.1) is 0 Å². The predicted octanol–water partition coefficient (Wildman–Crippen LogP) is 2.96. The molecule has 0 aliphatic carbocycles. The molecule has 0 heterocycles. The van der Waals surface area contributed by atoms with Crippen LogP contribution >= 0.6 is 12.2 Å². The Morgan fingerprint density at radius 1 is 1.08 bits per heavy atom. The number of hydrogen-bond acceptors (Lipinski definition) is 3. The molecule has 4 nitrogen and oxygen atoms in total. The number of thiocarbonyl (C=S) groups is 1. The summed E-state index contributed by atoms with van der Waals surface area (Å²) in [6, 6.07) is 18.5. The highest BCUT2D eigenvalue weighted by Crippen LogP contribution is 2.14. The van der Waals surface area contributed by atoms with Crippen LogP contribution in [0.5, 0.6) is 5.75 Å². The van der Waals surface area contributed by atoms with E-state index in [9.17, 15) is 0 Å². The summed E-state index contributed by atoms with van der Waals surface area (Å²) in [4.78, 5) is 2.15. The zero-order valence-electron chi connectivity index (χ0n) is 14.5. The van der Waals surface area contributed by atoms with Crippen LogP contribution in [0.25, 0.3) is 0 Å². The van der Waals surface area contributed by atoms with Crippen molar-refractivity contribution in [3.8, 4) is 5.75 Å². The first-order chi connectivity index (χ1) is 11.6. The Labute approximate surface area is 149 Å². The fourth-order valence-corrected chi connectivity index (χ4v) is 2.63. The summed E-state index contributed by atoms with van der Waals surface area (Å²) >= 11 is 5.47. The van der Waals surface area contributed by atoms with Gasteiger partial charge < -0.3 is 20.3 Å². The number of ether oxygens (including phenoxy) is 1. The van der Waals surface area contributed by atoms with Crippen LogP contribution in [0.3, 0.4) is 0 Å². The molecule has 0 fully saturated rings. The van der Waals surface area contributed by atoms with Crippen molar-refractivity contribution in [2.75, 3.05) is 27.7 Å². The van der Waals surface area contributed by atoms with E-state index >= 15 is 0 Å². The van der Waals surface area contributed by atoms with Gasteiger partial charge in [0.15, 0.2) is 5.11 Å². The van der Waals surface area contributed by atoms with Gasteiger partial charge in [0.1, 0.15) is 5.75 Å². The van der Waals surface area contributed by atoms with E-state index in [1.165, 1.54) is 5.56 Å². The first kappa shape index (κ1) is 18.2. The Kier molecular flexibility index (Phi) is 7.03. The SMILES string of the molecule is COc1ccc(CNC(=S)N[C@H](CN(C)C)c2ccccc2)cc1. The highest BCUT2D eigenvalue weighted by molar-refractivity contribution is 7.80. The number of likely N-dealkylation sites (N-methyl/N-ethyl adjacent to an activating group) is 1. The summed E-state index contributed by atoms with van der Waals surface area (Å²) in [6.07, 6.45) is 0. The first-order valence-corrected chi connectivity index (χ1v) is 8.36. The van der Waals surface area contributed by atoms with Gasteiger partial charge in [0.2, 0.25) is 0 Å². The monoisotopic (exact) mass is 343 g/mol. The minimum absolute atomic E-state index is 0.150. The van der Waals surface area contributed by atoms with Crippen LogP contribution in [0.1, 0.15) is 17.2 Å². The molecule has 2 N–H and O–H groups in total. The van der Waals surface area contributed by atoms with Gasteiger partial charge in [0, 0.05) is 13.1 Å². The normalized spacial score (nSPS) is 11.8. The zero-order chi connectivity index (χ0) is 17.4. The molecule has 128 valence electrons. The number of hydrogen-bond donors (Lipinski definition) is 2. The molecular formula is C19H25N3OS. The highest BCUT2D eigenvalue weighted by Gasteiger charge is 2.13. The van der Waals surface area contributed by atoms with Crippen LogP contribution in [0.4, 0.5) is 0 Å².